The van der Waals surface area contributed by atoms with Crippen LogP contribution >= 0.6 is 0 Å². The van der Waals surface area contributed by atoms with E-state index < -0.39 is 11.7 Å². The van der Waals surface area contributed by atoms with Crippen molar-refractivity contribution in [3.05, 3.63) is 53.6 Å². The van der Waals surface area contributed by atoms with Gasteiger partial charge in [-0.1, -0.05) is 6.07 Å². The van der Waals surface area contributed by atoms with Gasteiger partial charge in [0.15, 0.2) is 0 Å². The number of halogens is 3. The number of pyridine rings is 1. The molecule has 3 rings (SSSR count). The smallest absolute Gasteiger partial charge is 0.286 e. The average molecular weight is 263 g/mol. The van der Waals surface area contributed by atoms with Crippen LogP contribution < -0.4 is 5.49 Å². The topological polar surface area (TPSA) is 41.2 Å². The second-order valence-corrected chi connectivity index (χ2v) is 4.12. The molecule has 0 spiro atoms. The molecule has 0 aliphatic carbocycles. The maximum Gasteiger partial charge on any atom is 0.416 e. The Balaban J connectivity index is 2.43. The highest BCUT2D eigenvalue weighted by Crippen LogP contribution is 2.30. The molecule has 1 aromatic carbocycles. The first-order valence-electron chi connectivity index (χ1n) is 5.50. The molecule has 2 heterocycles. The quantitative estimate of drug-likeness (QED) is 0.622. The van der Waals surface area contributed by atoms with Gasteiger partial charge in [0, 0.05) is 11.6 Å². The molecule has 0 aliphatic heterocycles. The second-order valence-electron chi connectivity index (χ2n) is 4.12. The Kier molecular flexibility index (Phi) is 2.35. The Bertz CT molecular complexity index is 834. The summed E-state index contributed by atoms with van der Waals surface area (Å²) in [4.78, 5) is 4.24. The summed E-state index contributed by atoms with van der Waals surface area (Å²) in [6, 6.07) is 8.40. The summed E-state index contributed by atoms with van der Waals surface area (Å²) >= 11 is 0. The highest BCUT2D eigenvalue weighted by molar-refractivity contribution is 5.80. The number of hydrogen-bond donors (Lipinski definition) is 1. The van der Waals surface area contributed by atoms with Gasteiger partial charge in [0.25, 0.3) is 0 Å². The van der Waals surface area contributed by atoms with Crippen LogP contribution in [0.3, 0.4) is 0 Å². The van der Waals surface area contributed by atoms with Gasteiger partial charge in [-0.05, 0) is 30.3 Å². The molecule has 0 unspecified atom stereocenters. The highest BCUT2D eigenvalue weighted by atomic mass is 19.4. The third-order valence-electron chi connectivity index (χ3n) is 2.89. The minimum absolute atomic E-state index is 0.00769. The number of aromatic nitrogens is 2. The van der Waals surface area contributed by atoms with Crippen molar-refractivity contribution in [2.24, 2.45) is 0 Å². The molecular formula is C13H8F3N3. The maximum absolute atomic E-state index is 12.7. The normalized spacial score (nSPS) is 12.2. The van der Waals surface area contributed by atoms with Crippen LogP contribution in [0.15, 0.2) is 42.6 Å². The van der Waals surface area contributed by atoms with Gasteiger partial charge in [-0.2, -0.15) is 13.2 Å². The predicted molar refractivity (Wildman–Crippen MR) is 63.6 cm³/mol. The van der Waals surface area contributed by atoms with E-state index >= 15 is 0 Å². The van der Waals surface area contributed by atoms with E-state index in [0.717, 1.165) is 12.1 Å². The molecule has 0 fully saturated rings. The molecular weight excluding hydrogens is 255 g/mol. The molecule has 0 saturated carbocycles. The molecule has 0 radical (unpaired) electrons. The summed E-state index contributed by atoms with van der Waals surface area (Å²) in [6.07, 6.45) is -2.82. The largest absolute Gasteiger partial charge is 0.416 e. The highest BCUT2D eigenvalue weighted by Gasteiger charge is 2.30. The molecule has 0 atom stereocenters. The lowest BCUT2D eigenvalue weighted by Gasteiger charge is -2.09. The Morgan fingerprint density at radius 2 is 1.89 bits per heavy atom. The standard InChI is InChI=1S/C13H8F3N3/c14-13(15,16)8-4-5-10-9(7-8)12(17)19-6-2-1-3-11(19)18-10/h1-7,17H. The zero-order valence-corrected chi connectivity index (χ0v) is 9.57. The first-order chi connectivity index (χ1) is 8.97. The van der Waals surface area contributed by atoms with Crippen molar-refractivity contribution < 1.29 is 13.2 Å². The summed E-state index contributed by atoms with van der Waals surface area (Å²) in [7, 11) is 0. The van der Waals surface area contributed by atoms with Crippen molar-refractivity contribution in [3.63, 3.8) is 0 Å². The Morgan fingerprint density at radius 1 is 1.11 bits per heavy atom. The van der Waals surface area contributed by atoms with Crippen LogP contribution in [0.25, 0.3) is 16.6 Å². The molecule has 0 bridgehead atoms. The van der Waals surface area contributed by atoms with E-state index in [2.05, 4.69) is 4.98 Å². The third kappa shape index (κ3) is 1.85. The van der Waals surface area contributed by atoms with Gasteiger partial charge in [-0.3, -0.25) is 9.81 Å². The van der Waals surface area contributed by atoms with Crippen molar-refractivity contribution in [1.82, 2.24) is 9.38 Å². The van der Waals surface area contributed by atoms with Crippen LogP contribution in [0.4, 0.5) is 13.2 Å². The lowest BCUT2D eigenvalue weighted by Crippen LogP contribution is -2.16. The van der Waals surface area contributed by atoms with E-state index in [1.165, 1.54) is 10.5 Å². The molecule has 0 saturated heterocycles. The fourth-order valence-corrected chi connectivity index (χ4v) is 1.97. The van der Waals surface area contributed by atoms with Crippen LogP contribution in [0.5, 0.6) is 0 Å². The Labute approximate surface area is 105 Å². The van der Waals surface area contributed by atoms with Crippen molar-refractivity contribution in [1.29, 1.82) is 5.41 Å². The number of rotatable bonds is 0. The lowest BCUT2D eigenvalue weighted by molar-refractivity contribution is -0.137. The molecule has 0 amide bonds. The van der Waals surface area contributed by atoms with Gasteiger partial charge in [0.2, 0.25) is 0 Å². The Hall–Kier alpha value is -2.37. The van der Waals surface area contributed by atoms with Crippen molar-refractivity contribution in [2.45, 2.75) is 6.18 Å². The second kappa shape index (κ2) is 3.81. The number of hydrogen-bond acceptors (Lipinski definition) is 2. The van der Waals surface area contributed by atoms with Crippen LogP contribution in [-0.2, 0) is 6.18 Å². The number of fused-ring (bicyclic) bond motifs is 2. The summed E-state index contributed by atoms with van der Waals surface area (Å²) in [5.41, 5.74) is 0.127. The lowest BCUT2D eigenvalue weighted by atomic mass is 10.1. The van der Waals surface area contributed by atoms with Gasteiger partial charge in [-0.15, -0.1) is 0 Å². The van der Waals surface area contributed by atoms with Crippen molar-refractivity contribution in [3.8, 4) is 0 Å². The zero-order chi connectivity index (χ0) is 13.6. The molecule has 2 aromatic heterocycles. The van der Waals surface area contributed by atoms with Gasteiger partial charge in [-0.25, -0.2) is 4.98 Å². The fourth-order valence-electron chi connectivity index (χ4n) is 1.97. The van der Waals surface area contributed by atoms with E-state index in [1.807, 2.05) is 0 Å². The molecule has 3 nitrogen and oxygen atoms in total. The first kappa shape index (κ1) is 11.7. The monoisotopic (exact) mass is 263 g/mol. The number of benzene rings is 1. The SMILES string of the molecule is N=c1c2cc(C(F)(F)F)ccc2nc2ccccn12. The summed E-state index contributed by atoms with van der Waals surface area (Å²) < 4.78 is 39.5. The Morgan fingerprint density at radius 3 is 2.63 bits per heavy atom. The summed E-state index contributed by atoms with van der Waals surface area (Å²) in [5, 5.41) is 8.17. The molecule has 1 N–H and O–H groups in total. The zero-order valence-electron chi connectivity index (χ0n) is 9.57. The van der Waals surface area contributed by atoms with Crippen LogP contribution in [0.1, 0.15) is 5.56 Å². The van der Waals surface area contributed by atoms with E-state index in [0.29, 0.717) is 11.2 Å². The number of nitrogens with zero attached hydrogens (tertiary/aromatic N) is 2. The third-order valence-corrected chi connectivity index (χ3v) is 2.89. The van der Waals surface area contributed by atoms with Gasteiger partial charge in [0.1, 0.15) is 11.1 Å². The summed E-state index contributed by atoms with van der Waals surface area (Å²) in [6.45, 7) is 0. The number of nitrogens with one attached hydrogen (secondary N) is 1. The van der Waals surface area contributed by atoms with Crippen LogP contribution in [0, 0.1) is 5.41 Å². The van der Waals surface area contributed by atoms with Crippen LogP contribution in [-0.4, -0.2) is 9.38 Å². The molecule has 0 aliphatic rings. The van der Waals surface area contributed by atoms with E-state index in [1.54, 1.807) is 24.4 Å². The average Bonchev–Trinajstić information content (AvgIpc) is 2.37. The maximum atomic E-state index is 12.7. The fraction of sp³-hybridized carbons (Fsp3) is 0.0769. The first-order valence-corrected chi connectivity index (χ1v) is 5.50. The van der Waals surface area contributed by atoms with E-state index in [4.69, 9.17) is 5.41 Å². The molecule has 6 heteroatoms. The summed E-state index contributed by atoms with van der Waals surface area (Å²) in [5.74, 6) is 0. The number of alkyl halides is 3. The molecule has 96 valence electrons. The molecule has 19 heavy (non-hydrogen) atoms. The van der Waals surface area contributed by atoms with Gasteiger partial charge < -0.3 is 0 Å². The predicted octanol–water partition coefficient (Wildman–Crippen LogP) is 2.99. The van der Waals surface area contributed by atoms with Crippen molar-refractivity contribution in [2.75, 3.05) is 0 Å². The minimum Gasteiger partial charge on any atom is -0.286 e. The van der Waals surface area contributed by atoms with E-state index in [9.17, 15) is 13.2 Å². The van der Waals surface area contributed by atoms with Crippen LogP contribution in [0.2, 0.25) is 0 Å². The molecule has 3 aromatic rings. The van der Waals surface area contributed by atoms with Gasteiger partial charge in [0.05, 0.1) is 11.1 Å². The van der Waals surface area contributed by atoms with Gasteiger partial charge >= 0.3 is 6.18 Å². The van der Waals surface area contributed by atoms with E-state index in [-0.39, 0.29) is 10.9 Å². The minimum atomic E-state index is -4.42. The van der Waals surface area contributed by atoms with Crippen molar-refractivity contribution >= 4 is 16.6 Å².